The molecule has 0 aliphatic rings. The van der Waals surface area contributed by atoms with Gasteiger partial charge in [0, 0.05) is 41.6 Å². The van der Waals surface area contributed by atoms with E-state index in [2.05, 4.69) is 41.8 Å². The van der Waals surface area contributed by atoms with Crippen molar-refractivity contribution in [1.82, 2.24) is 29.7 Å². The number of nitrogens with one attached hydrogen (secondary N) is 2. The van der Waals surface area contributed by atoms with Crippen molar-refractivity contribution in [2.75, 3.05) is 15.8 Å². The van der Waals surface area contributed by atoms with Crippen molar-refractivity contribution in [2.24, 2.45) is 0 Å². The number of nitrogens with zero attached hydrogens (tertiary/aromatic N) is 6. The lowest BCUT2D eigenvalue weighted by atomic mass is 10.3. The van der Waals surface area contributed by atoms with E-state index in [1.165, 1.54) is 36.0 Å². The summed E-state index contributed by atoms with van der Waals surface area (Å²) >= 11 is 1.23. The van der Waals surface area contributed by atoms with Crippen molar-refractivity contribution >= 4 is 39.3 Å². The zero-order chi connectivity index (χ0) is 26.4. The van der Waals surface area contributed by atoms with Crippen LogP contribution in [0.15, 0.2) is 77.6 Å². The minimum absolute atomic E-state index is 0.00268. The van der Waals surface area contributed by atoms with E-state index in [1.54, 1.807) is 38.4 Å². The van der Waals surface area contributed by atoms with Gasteiger partial charge in [-0.2, -0.15) is 0 Å². The topological polar surface area (TPSA) is 145 Å². The summed E-state index contributed by atoms with van der Waals surface area (Å²) < 4.78 is 29.6. The molecule has 0 aliphatic heterocycles. The van der Waals surface area contributed by atoms with Gasteiger partial charge in [0.15, 0.2) is 11.0 Å². The lowest BCUT2D eigenvalue weighted by molar-refractivity contribution is -0.113. The van der Waals surface area contributed by atoms with Crippen LogP contribution in [0.4, 0.5) is 11.6 Å². The van der Waals surface area contributed by atoms with Gasteiger partial charge in [0.25, 0.3) is 10.0 Å². The van der Waals surface area contributed by atoms with Gasteiger partial charge in [-0.1, -0.05) is 17.8 Å². The van der Waals surface area contributed by atoms with Crippen molar-refractivity contribution in [3.8, 4) is 11.4 Å². The number of sulfonamides is 1. The molecule has 4 rings (SSSR count). The molecular formula is C24H24N8O3S2. The second-order valence-corrected chi connectivity index (χ2v) is 10.5. The summed E-state index contributed by atoms with van der Waals surface area (Å²) in [5.74, 6) is 0.433. The molecule has 4 aromatic rings. The fraction of sp³-hybridized carbons (Fsp3) is 0.167. The van der Waals surface area contributed by atoms with Crippen LogP contribution in [0.2, 0.25) is 0 Å². The summed E-state index contributed by atoms with van der Waals surface area (Å²) in [5, 5.41) is 11.8. The van der Waals surface area contributed by atoms with Crippen LogP contribution in [-0.2, 0) is 21.4 Å². The molecule has 0 bridgehead atoms. The maximum Gasteiger partial charge on any atom is 0.264 e. The summed E-state index contributed by atoms with van der Waals surface area (Å²) in [5.41, 5.74) is 2.56. The van der Waals surface area contributed by atoms with Gasteiger partial charge in [-0.3, -0.25) is 14.3 Å². The SMILES string of the molecule is C=CCn1c(SCC(=O)Nc2ccc(S(=O)(=O)Nc3nc(C)cc(C)n3)cc2)nnc1-c1cccnc1. The number of aromatic nitrogens is 6. The molecule has 0 atom stereocenters. The smallest absolute Gasteiger partial charge is 0.264 e. The van der Waals surface area contributed by atoms with Crippen molar-refractivity contribution < 1.29 is 13.2 Å². The number of carbonyl (C=O) groups excluding carboxylic acids is 1. The zero-order valence-electron chi connectivity index (χ0n) is 20.1. The highest BCUT2D eigenvalue weighted by atomic mass is 32.2. The van der Waals surface area contributed by atoms with E-state index in [4.69, 9.17) is 0 Å². The standard InChI is InChI=1S/C24H24N8O3S2/c1-4-12-32-22(18-6-5-11-25-14-18)29-30-24(32)36-15-21(33)28-19-7-9-20(10-8-19)37(34,35)31-23-26-16(2)13-17(3)27-23/h4-11,13-14H,1,12,15H2,2-3H3,(H,28,33)(H,26,27,31). The van der Waals surface area contributed by atoms with Gasteiger partial charge in [-0.05, 0) is 56.3 Å². The highest BCUT2D eigenvalue weighted by Gasteiger charge is 2.18. The van der Waals surface area contributed by atoms with E-state index in [-0.39, 0.29) is 22.5 Å². The molecule has 1 aromatic carbocycles. The predicted molar refractivity (Wildman–Crippen MR) is 142 cm³/mol. The minimum Gasteiger partial charge on any atom is -0.325 e. The van der Waals surface area contributed by atoms with Gasteiger partial charge in [0.2, 0.25) is 11.9 Å². The van der Waals surface area contributed by atoms with Crippen LogP contribution >= 0.6 is 11.8 Å². The number of anilines is 2. The molecule has 0 saturated carbocycles. The number of thioether (sulfide) groups is 1. The molecule has 11 nitrogen and oxygen atoms in total. The monoisotopic (exact) mass is 536 g/mol. The van der Waals surface area contributed by atoms with E-state index in [0.29, 0.717) is 34.6 Å². The quantitative estimate of drug-likeness (QED) is 0.230. The van der Waals surface area contributed by atoms with Gasteiger partial charge in [0.05, 0.1) is 10.6 Å². The average Bonchev–Trinajstić information content (AvgIpc) is 3.25. The fourth-order valence-corrected chi connectivity index (χ4v) is 5.08. The number of hydrogen-bond donors (Lipinski definition) is 2. The van der Waals surface area contributed by atoms with E-state index in [0.717, 1.165) is 5.56 Å². The van der Waals surface area contributed by atoms with Crippen LogP contribution in [0, 0.1) is 13.8 Å². The first-order valence-electron chi connectivity index (χ1n) is 11.1. The molecule has 190 valence electrons. The van der Waals surface area contributed by atoms with Crippen LogP contribution in [0.3, 0.4) is 0 Å². The lowest BCUT2D eigenvalue weighted by Crippen LogP contribution is -2.17. The van der Waals surface area contributed by atoms with Crippen molar-refractivity contribution in [3.05, 3.63) is 78.9 Å². The first-order valence-corrected chi connectivity index (χ1v) is 13.5. The van der Waals surface area contributed by atoms with Crippen molar-refractivity contribution in [1.29, 1.82) is 0 Å². The number of carbonyl (C=O) groups is 1. The molecule has 0 aliphatic carbocycles. The Kier molecular flexibility index (Phi) is 7.94. The van der Waals surface area contributed by atoms with E-state index in [9.17, 15) is 13.2 Å². The van der Waals surface area contributed by atoms with Crippen molar-refractivity contribution in [2.45, 2.75) is 30.4 Å². The van der Waals surface area contributed by atoms with Gasteiger partial charge in [-0.25, -0.2) is 23.1 Å². The number of benzene rings is 1. The normalized spacial score (nSPS) is 11.2. The number of allylic oxidation sites excluding steroid dienone is 1. The molecule has 1 amide bonds. The fourth-order valence-electron chi connectivity index (χ4n) is 3.39. The van der Waals surface area contributed by atoms with E-state index < -0.39 is 10.0 Å². The summed E-state index contributed by atoms with van der Waals surface area (Å²) in [6, 6.07) is 11.3. The Hall–Kier alpha value is -4.10. The summed E-state index contributed by atoms with van der Waals surface area (Å²) in [6.45, 7) is 7.76. The second-order valence-electron chi connectivity index (χ2n) is 7.89. The van der Waals surface area contributed by atoms with E-state index >= 15 is 0 Å². The molecule has 0 unspecified atom stereocenters. The predicted octanol–water partition coefficient (Wildman–Crippen LogP) is 3.46. The first kappa shape index (κ1) is 26.0. The number of hydrogen-bond acceptors (Lipinski definition) is 9. The molecule has 37 heavy (non-hydrogen) atoms. The number of rotatable bonds is 10. The third-order valence-corrected chi connectivity index (χ3v) is 7.25. The molecule has 3 heterocycles. The van der Waals surface area contributed by atoms with Gasteiger partial charge < -0.3 is 5.32 Å². The average molecular weight is 537 g/mol. The second kappa shape index (κ2) is 11.3. The highest BCUT2D eigenvalue weighted by Crippen LogP contribution is 2.24. The van der Waals surface area contributed by atoms with Crippen LogP contribution in [0.25, 0.3) is 11.4 Å². The van der Waals surface area contributed by atoms with Gasteiger partial charge in [-0.15, -0.1) is 16.8 Å². The maximum absolute atomic E-state index is 12.7. The Morgan fingerprint density at radius 1 is 1.11 bits per heavy atom. The molecule has 2 N–H and O–H groups in total. The Morgan fingerprint density at radius 2 is 1.84 bits per heavy atom. The van der Waals surface area contributed by atoms with Crippen LogP contribution in [0.5, 0.6) is 0 Å². The van der Waals surface area contributed by atoms with Gasteiger partial charge in [0.1, 0.15) is 0 Å². The minimum atomic E-state index is -3.89. The summed E-state index contributed by atoms with van der Waals surface area (Å²) in [7, 11) is -3.89. The number of pyridine rings is 1. The van der Waals surface area contributed by atoms with Crippen LogP contribution < -0.4 is 10.0 Å². The summed E-state index contributed by atoms with van der Waals surface area (Å²) in [4.78, 5) is 24.9. The molecule has 13 heteroatoms. The Bertz CT molecular complexity index is 1500. The maximum atomic E-state index is 12.7. The highest BCUT2D eigenvalue weighted by molar-refractivity contribution is 7.99. The first-order chi connectivity index (χ1) is 17.7. The van der Waals surface area contributed by atoms with E-state index in [1.807, 2.05) is 16.7 Å². The number of amides is 1. The summed E-state index contributed by atoms with van der Waals surface area (Å²) in [6.07, 6.45) is 5.10. The third-order valence-electron chi connectivity index (χ3n) is 4.94. The lowest BCUT2D eigenvalue weighted by Gasteiger charge is -2.10. The third kappa shape index (κ3) is 6.57. The zero-order valence-corrected chi connectivity index (χ0v) is 21.8. The van der Waals surface area contributed by atoms with Gasteiger partial charge >= 0.3 is 0 Å². The Morgan fingerprint density at radius 3 is 2.49 bits per heavy atom. The molecule has 0 saturated heterocycles. The molecule has 0 fully saturated rings. The van der Waals surface area contributed by atoms with Crippen molar-refractivity contribution in [3.63, 3.8) is 0 Å². The Labute approximate surface area is 218 Å². The largest absolute Gasteiger partial charge is 0.325 e. The van der Waals surface area contributed by atoms with Crippen LogP contribution in [0.1, 0.15) is 11.4 Å². The molecule has 0 radical (unpaired) electrons. The van der Waals surface area contributed by atoms with Crippen LogP contribution in [-0.4, -0.2) is 49.8 Å². The Balaban J connectivity index is 1.39. The molecular weight excluding hydrogens is 512 g/mol. The number of aryl methyl sites for hydroxylation is 2. The molecule has 3 aromatic heterocycles. The molecule has 0 spiro atoms.